The minimum atomic E-state index is -1.48. The molecule has 0 heterocycles. The van der Waals surface area contributed by atoms with E-state index in [1.54, 1.807) is 0 Å². The van der Waals surface area contributed by atoms with Crippen molar-refractivity contribution < 1.29 is 0 Å². The van der Waals surface area contributed by atoms with E-state index in [1.807, 2.05) is 0 Å². The molecule has 0 unspecified atom stereocenters. The standard InChI is InChI=1S/C44H38Si/c1-31-14-6-5-7-17-37(40-19-11-13-21-42(40)44(31)36-27-22-32-15-8-9-16-35(32)30-36)33-23-25-34(26-24-33)38-28-29-43(45(2,3)4)41-20-12-10-18-39(38)41/h5-16,18-30H,1,17H2,2-4H3/b7-5-,14-6-,40-37+,44-42?. The van der Waals surface area contributed by atoms with Crippen molar-refractivity contribution >= 4 is 46.0 Å². The highest BCUT2D eigenvalue weighted by molar-refractivity contribution is 6.90. The fourth-order valence-electron chi connectivity index (χ4n) is 6.78. The van der Waals surface area contributed by atoms with Crippen LogP contribution in [0.3, 0.4) is 0 Å². The second kappa shape index (κ2) is 11.8. The molecule has 0 fully saturated rings. The zero-order valence-corrected chi connectivity index (χ0v) is 27.3. The average Bonchev–Trinajstić information content (AvgIpc) is 3.06. The summed E-state index contributed by atoms with van der Waals surface area (Å²) in [5.74, 6) is 0. The van der Waals surface area contributed by atoms with Gasteiger partial charge in [-0.05, 0) is 83.4 Å². The molecule has 0 atom stereocenters. The Morgan fingerprint density at radius 2 is 1.20 bits per heavy atom. The average molecular weight is 595 g/mol. The van der Waals surface area contributed by atoms with Crippen molar-refractivity contribution in [3.63, 3.8) is 0 Å². The molecular formula is C44H38Si. The zero-order valence-electron chi connectivity index (χ0n) is 26.3. The van der Waals surface area contributed by atoms with Gasteiger partial charge in [-0.1, -0.05) is 177 Å². The van der Waals surface area contributed by atoms with E-state index < -0.39 is 8.07 Å². The first kappa shape index (κ1) is 28.8. The van der Waals surface area contributed by atoms with Crippen LogP contribution in [-0.4, -0.2) is 8.07 Å². The van der Waals surface area contributed by atoms with Crippen molar-refractivity contribution in [1.82, 2.24) is 0 Å². The van der Waals surface area contributed by atoms with Gasteiger partial charge < -0.3 is 0 Å². The van der Waals surface area contributed by atoms with Gasteiger partial charge in [-0.3, -0.25) is 0 Å². The quantitative estimate of drug-likeness (QED) is 0.178. The topological polar surface area (TPSA) is 0 Å². The molecule has 1 aliphatic rings. The summed E-state index contributed by atoms with van der Waals surface area (Å²) >= 11 is 0. The molecule has 45 heavy (non-hydrogen) atoms. The summed E-state index contributed by atoms with van der Waals surface area (Å²) in [7, 11) is -1.48. The molecule has 1 heteroatoms. The Bertz CT molecular complexity index is 2270. The number of benzene rings is 6. The maximum Gasteiger partial charge on any atom is 0.0784 e. The van der Waals surface area contributed by atoms with E-state index in [0.717, 1.165) is 12.0 Å². The highest BCUT2D eigenvalue weighted by atomic mass is 28.3. The predicted octanol–water partition coefficient (Wildman–Crippen LogP) is 9.68. The van der Waals surface area contributed by atoms with Crippen molar-refractivity contribution in [3.8, 4) is 11.1 Å². The lowest BCUT2D eigenvalue weighted by atomic mass is 9.90. The largest absolute Gasteiger partial charge is 0.0911 e. The predicted molar refractivity (Wildman–Crippen MR) is 199 cm³/mol. The van der Waals surface area contributed by atoms with Crippen LogP contribution in [-0.2, 0) is 0 Å². The lowest BCUT2D eigenvalue weighted by Crippen LogP contribution is -2.38. The van der Waals surface area contributed by atoms with E-state index in [9.17, 15) is 0 Å². The van der Waals surface area contributed by atoms with E-state index in [4.69, 9.17) is 0 Å². The third kappa shape index (κ3) is 5.56. The molecule has 0 bridgehead atoms. The summed E-state index contributed by atoms with van der Waals surface area (Å²) in [6.45, 7) is 11.8. The Labute approximate surface area is 267 Å². The molecule has 0 nitrogen and oxygen atoms in total. The summed E-state index contributed by atoms with van der Waals surface area (Å²) in [4.78, 5) is 0. The molecule has 0 saturated carbocycles. The molecular weight excluding hydrogens is 557 g/mol. The first-order chi connectivity index (χ1) is 21.9. The minimum Gasteiger partial charge on any atom is -0.0911 e. The molecule has 6 aromatic rings. The van der Waals surface area contributed by atoms with Crippen LogP contribution in [0.25, 0.3) is 43.8 Å². The van der Waals surface area contributed by atoms with Gasteiger partial charge in [0.15, 0.2) is 0 Å². The van der Waals surface area contributed by atoms with Crippen LogP contribution in [0.1, 0.15) is 17.5 Å². The second-order valence-corrected chi connectivity index (χ2v) is 18.0. The maximum absolute atomic E-state index is 4.55. The number of allylic oxidation sites excluding steroid dienone is 5. The fraction of sp³-hybridized carbons (Fsp3) is 0.0909. The second-order valence-electron chi connectivity index (χ2n) is 13.0. The summed E-state index contributed by atoms with van der Waals surface area (Å²) < 4.78 is 0. The van der Waals surface area contributed by atoms with E-state index in [2.05, 4.69) is 178 Å². The van der Waals surface area contributed by atoms with Crippen LogP contribution in [0.5, 0.6) is 0 Å². The highest BCUT2D eigenvalue weighted by Gasteiger charge is 2.20. The Kier molecular flexibility index (Phi) is 7.57. The summed E-state index contributed by atoms with van der Waals surface area (Å²) in [6, 6.07) is 47.0. The first-order valence-electron chi connectivity index (χ1n) is 15.9. The lowest BCUT2D eigenvalue weighted by molar-refractivity contribution is 1.32. The van der Waals surface area contributed by atoms with Crippen LogP contribution in [0.2, 0.25) is 19.6 Å². The molecule has 0 radical (unpaired) electrons. The van der Waals surface area contributed by atoms with Gasteiger partial charge in [0, 0.05) is 0 Å². The molecule has 0 saturated heterocycles. The van der Waals surface area contributed by atoms with Crippen molar-refractivity contribution in [2.75, 3.05) is 0 Å². The Morgan fingerprint density at radius 3 is 1.98 bits per heavy atom. The van der Waals surface area contributed by atoms with E-state index in [0.29, 0.717) is 0 Å². The monoisotopic (exact) mass is 594 g/mol. The molecule has 7 rings (SSSR count). The van der Waals surface area contributed by atoms with Gasteiger partial charge in [0.1, 0.15) is 0 Å². The fourth-order valence-corrected chi connectivity index (χ4v) is 8.39. The highest BCUT2D eigenvalue weighted by Crippen LogP contribution is 2.31. The SMILES string of the molecule is C=C1/C=C\C=C/C/C(c2ccc(-c3ccc([Si](C)(C)C)c4ccccc34)cc2)=c2/ccccc2=C1c1ccc2ccccc2c1. The van der Waals surface area contributed by atoms with E-state index in [-0.39, 0.29) is 0 Å². The van der Waals surface area contributed by atoms with Gasteiger partial charge in [-0.15, -0.1) is 0 Å². The van der Waals surface area contributed by atoms with Crippen molar-refractivity contribution in [2.45, 2.75) is 26.1 Å². The van der Waals surface area contributed by atoms with Crippen molar-refractivity contribution in [3.05, 3.63) is 185 Å². The molecule has 0 amide bonds. The zero-order chi connectivity index (χ0) is 31.0. The molecule has 0 N–H and O–H groups in total. The molecule has 0 spiro atoms. The number of hydrogen-bond acceptors (Lipinski definition) is 0. The van der Waals surface area contributed by atoms with Crippen LogP contribution < -0.4 is 15.6 Å². The van der Waals surface area contributed by atoms with Gasteiger partial charge in [0.2, 0.25) is 0 Å². The number of fused-ring (bicyclic) bond motifs is 3. The van der Waals surface area contributed by atoms with E-state index in [1.165, 1.54) is 70.6 Å². The third-order valence-electron chi connectivity index (χ3n) is 9.02. The molecule has 0 aromatic heterocycles. The smallest absolute Gasteiger partial charge is 0.0784 e. The van der Waals surface area contributed by atoms with Gasteiger partial charge in [0.05, 0.1) is 8.07 Å². The van der Waals surface area contributed by atoms with Gasteiger partial charge in [-0.25, -0.2) is 0 Å². The first-order valence-corrected chi connectivity index (χ1v) is 19.4. The maximum atomic E-state index is 4.55. The van der Waals surface area contributed by atoms with Crippen molar-refractivity contribution in [1.29, 1.82) is 0 Å². The Balaban J connectivity index is 1.43. The lowest BCUT2D eigenvalue weighted by Gasteiger charge is -2.21. The minimum absolute atomic E-state index is 0.839. The number of rotatable bonds is 4. The Hall–Kier alpha value is -4.98. The van der Waals surface area contributed by atoms with Crippen molar-refractivity contribution in [2.24, 2.45) is 0 Å². The van der Waals surface area contributed by atoms with Crippen LogP contribution in [0.4, 0.5) is 0 Å². The molecule has 218 valence electrons. The summed E-state index contributed by atoms with van der Waals surface area (Å²) in [5, 5.41) is 9.19. The molecule has 0 aliphatic heterocycles. The van der Waals surface area contributed by atoms with Crippen LogP contribution >= 0.6 is 0 Å². The van der Waals surface area contributed by atoms with Gasteiger partial charge in [-0.2, -0.15) is 0 Å². The normalized spacial score (nSPS) is 16.4. The third-order valence-corrected chi connectivity index (χ3v) is 11.1. The summed E-state index contributed by atoms with van der Waals surface area (Å²) in [5.41, 5.74) is 8.47. The van der Waals surface area contributed by atoms with Gasteiger partial charge >= 0.3 is 0 Å². The van der Waals surface area contributed by atoms with E-state index >= 15 is 0 Å². The van der Waals surface area contributed by atoms with Gasteiger partial charge in [0.25, 0.3) is 0 Å². The van der Waals surface area contributed by atoms with Crippen LogP contribution in [0, 0.1) is 0 Å². The molecule has 6 aromatic carbocycles. The molecule has 1 aliphatic carbocycles. The summed E-state index contributed by atoms with van der Waals surface area (Å²) in [6.07, 6.45) is 9.50. The number of hydrogen-bond donors (Lipinski definition) is 0. The van der Waals surface area contributed by atoms with Crippen LogP contribution in [0.15, 0.2) is 164 Å². The Morgan fingerprint density at radius 1 is 0.556 bits per heavy atom.